The van der Waals surface area contributed by atoms with Crippen LogP contribution in [0.3, 0.4) is 0 Å². The molecule has 0 aliphatic carbocycles. The standard InChI is InChI=1S/C9H11BrFN.ClH/c1-6(5-12)8-3-2-7(11)4-9(8)10;/h2-4,6H,5,12H2,1H3;1H. The Morgan fingerprint density at radius 2 is 2.15 bits per heavy atom. The molecule has 0 aromatic heterocycles. The molecule has 13 heavy (non-hydrogen) atoms. The summed E-state index contributed by atoms with van der Waals surface area (Å²) in [6, 6.07) is 4.67. The third-order valence-corrected chi connectivity index (χ3v) is 2.53. The van der Waals surface area contributed by atoms with Crippen LogP contribution < -0.4 is 5.73 Å². The van der Waals surface area contributed by atoms with Crippen LogP contribution in [-0.4, -0.2) is 6.54 Å². The van der Waals surface area contributed by atoms with Gasteiger partial charge in [-0.25, -0.2) is 4.39 Å². The third kappa shape index (κ3) is 3.25. The van der Waals surface area contributed by atoms with Crippen molar-refractivity contribution in [3.8, 4) is 0 Å². The van der Waals surface area contributed by atoms with Crippen LogP contribution in [0.1, 0.15) is 18.4 Å². The van der Waals surface area contributed by atoms with Crippen LogP contribution >= 0.6 is 28.3 Å². The molecule has 0 aliphatic heterocycles. The molecule has 4 heteroatoms. The molecule has 0 bridgehead atoms. The smallest absolute Gasteiger partial charge is 0.124 e. The fourth-order valence-corrected chi connectivity index (χ4v) is 1.77. The van der Waals surface area contributed by atoms with E-state index in [1.807, 2.05) is 6.92 Å². The largest absolute Gasteiger partial charge is 0.330 e. The Morgan fingerprint density at radius 1 is 1.54 bits per heavy atom. The monoisotopic (exact) mass is 267 g/mol. The molecule has 1 nitrogen and oxygen atoms in total. The van der Waals surface area contributed by atoms with E-state index in [0.717, 1.165) is 10.0 Å². The van der Waals surface area contributed by atoms with Crippen LogP contribution in [0.25, 0.3) is 0 Å². The van der Waals surface area contributed by atoms with Gasteiger partial charge in [-0.15, -0.1) is 12.4 Å². The lowest BCUT2D eigenvalue weighted by Crippen LogP contribution is -2.09. The number of rotatable bonds is 2. The van der Waals surface area contributed by atoms with Gasteiger partial charge >= 0.3 is 0 Å². The molecule has 74 valence electrons. The van der Waals surface area contributed by atoms with Crippen LogP contribution in [0, 0.1) is 5.82 Å². The number of halogens is 3. The Balaban J connectivity index is 0.00000144. The van der Waals surface area contributed by atoms with Gasteiger partial charge in [0, 0.05) is 4.47 Å². The van der Waals surface area contributed by atoms with Gasteiger partial charge in [-0.1, -0.05) is 28.9 Å². The quantitative estimate of drug-likeness (QED) is 0.876. The number of benzene rings is 1. The van der Waals surface area contributed by atoms with Crippen molar-refractivity contribution in [1.29, 1.82) is 0 Å². The van der Waals surface area contributed by atoms with Gasteiger partial charge in [0.15, 0.2) is 0 Å². The summed E-state index contributed by atoms with van der Waals surface area (Å²) in [5.74, 6) is 0.0369. The predicted molar refractivity (Wildman–Crippen MR) is 58.8 cm³/mol. The van der Waals surface area contributed by atoms with Crippen LogP contribution in [0.15, 0.2) is 22.7 Å². The van der Waals surface area contributed by atoms with Gasteiger partial charge in [-0.3, -0.25) is 0 Å². The van der Waals surface area contributed by atoms with Crippen LogP contribution in [0.2, 0.25) is 0 Å². The van der Waals surface area contributed by atoms with Gasteiger partial charge < -0.3 is 5.73 Å². The highest BCUT2D eigenvalue weighted by atomic mass is 79.9. The normalized spacial score (nSPS) is 12.0. The molecular formula is C9H12BrClFN. The first-order chi connectivity index (χ1) is 5.65. The maximum atomic E-state index is 12.7. The van der Waals surface area contributed by atoms with E-state index in [9.17, 15) is 4.39 Å². The minimum Gasteiger partial charge on any atom is -0.330 e. The van der Waals surface area contributed by atoms with Gasteiger partial charge in [0.05, 0.1) is 0 Å². The summed E-state index contributed by atoms with van der Waals surface area (Å²) in [6.45, 7) is 2.59. The second kappa shape index (κ2) is 5.58. The third-order valence-electron chi connectivity index (χ3n) is 1.85. The zero-order valence-electron chi connectivity index (χ0n) is 7.26. The van der Waals surface area contributed by atoms with Gasteiger partial charge in [0.25, 0.3) is 0 Å². The number of hydrogen-bond donors (Lipinski definition) is 1. The van der Waals surface area contributed by atoms with Crippen molar-refractivity contribution < 1.29 is 4.39 Å². The summed E-state index contributed by atoms with van der Waals surface area (Å²) < 4.78 is 13.4. The summed E-state index contributed by atoms with van der Waals surface area (Å²) in [7, 11) is 0. The molecule has 0 spiro atoms. The van der Waals surface area contributed by atoms with Crippen molar-refractivity contribution >= 4 is 28.3 Å². The average molecular weight is 269 g/mol. The number of nitrogens with two attached hydrogens (primary N) is 1. The molecule has 1 atom stereocenters. The van der Waals surface area contributed by atoms with Crippen molar-refractivity contribution in [3.05, 3.63) is 34.1 Å². The van der Waals surface area contributed by atoms with Crippen molar-refractivity contribution in [2.75, 3.05) is 6.54 Å². The fourth-order valence-electron chi connectivity index (χ4n) is 1.03. The first-order valence-electron chi connectivity index (χ1n) is 3.80. The van der Waals surface area contributed by atoms with Gasteiger partial charge in [0.2, 0.25) is 0 Å². The van der Waals surface area contributed by atoms with Crippen molar-refractivity contribution in [3.63, 3.8) is 0 Å². The summed E-state index contributed by atoms with van der Waals surface area (Å²) in [4.78, 5) is 0. The highest BCUT2D eigenvalue weighted by molar-refractivity contribution is 9.10. The van der Waals surface area contributed by atoms with Crippen molar-refractivity contribution in [2.45, 2.75) is 12.8 Å². The van der Waals surface area contributed by atoms with Crippen LogP contribution in [0.5, 0.6) is 0 Å². The average Bonchev–Trinajstić information content (AvgIpc) is 2.03. The minimum absolute atomic E-state index is 0. The molecule has 0 saturated heterocycles. The van der Waals surface area contributed by atoms with E-state index in [1.165, 1.54) is 12.1 Å². The van der Waals surface area contributed by atoms with Crippen molar-refractivity contribution in [2.24, 2.45) is 5.73 Å². The molecule has 1 rings (SSSR count). The van der Waals surface area contributed by atoms with E-state index in [4.69, 9.17) is 5.73 Å². The maximum absolute atomic E-state index is 12.7. The zero-order valence-corrected chi connectivity index (χ0v) is 9.66. The molecule has 0 fully saturated rings. The highest BCUT2D eigenvalue weighted by Crippen LogP contribution is 2.24. The Kier molecular flexibility index (Phi) is 5.53. The molecular weight excluding hydrogens is 256 g/mol. The summed E-state index contributed by atoms with van der Waals surface area (Å²) in [5, 5.41) is 0. The Morgan fingerprint density at radius 3 is 2.62 bits per heavy atom. The van der Waals surface area contributed by atoms with Gasteiger partial charge in [0.1, 0.15) is 5.82 Å². The van der Waals surface area contributed by atoms with E-state index in [0.29, 0.717) is 6.54 Å². The maximum Gasteiger partial charge on any atom is 0.124 e. The molecule has 0 radical (unpaired) electrons. The topological polar surface area (TPSA) is 26.0 Å². The van der Waals surface area contributed by atoms with Gasteiger partial charge in [-0.2, -0.15) is 0 Å². The second-order valence-corrected chi connectivity index (χ2v) is 3.66. The Hall–Kier alpha value is -0.120. The summed E-state index contributed by atoms with van der Waals surface area (Å²) >= 11 is 3.29. The first-order valence-corrected chi connectivity index (χ1v) is 4.59. The lowest BCUT2D eigenvalue weighted by molar-refractivity contribution is 0.624. The Labute approximate surface area is 92.1 Å². The summed E-state index contributed by atoms with van der Waals surface area (Å²) in [6.07, 6.45) is 0. The Bertz CT molecular complexity index is 280. The lowest BCUT2D eigenvalue weighted by Gasteiger charge is -2.10. The molecule has 1 unspecified atom stereocenters. The van der Waals surface area contributed by atoms with E-state index < -0.39 is 0 Å². The second-order valence-electron chi connectivity index (χ2n) is 2.80. The van der Waals surface area contributed by atoms with E-state index in [-0.39, 0.29) is 24.1 Å². The fraction of sp³-hybridized carbons (Fsp3) is 0.333. The van der Waals surface area contributed by atoms with Crippen LogP contribution in [0.4, 0.5) is 4.39 Å². The van der Waals surface area contributed by atoms with E-state index in [1.54, 1.807) is 6.07 Å². The predicted octanol–water partition coefficient (Wildman–Crippen LogP) is 3.07. The number of hydrogen-bond acceptors (Lipinski definition) is 1. The van der Waals surface area contributed by atoms with Crippen LogP contribution in [-0.2, 0) is 0 Å². The van der Waals surface area contributed by atoms with Crippen molar-refractivity contribution in [1.82, 2.24) is 0 Å². The molecule has 0 aliphatic rings. The minimum atomic E-state index is -0.227. The zero-order chi connectivity index (χ0) is 9.14. The molecule has 0 amide bonds. The lowest BCUT2D eigenvalue weighted by atomic mass is 10.0. The SMILES string of the molecule is CC(CN)c1ccc(F)cc1Br.Cl. The summed E-state index contributed by atoms with van der Waals surface area (Å²) in [5.41, 5.74) is 6.55. The first kappa shape index (κ1) is 12.9. The van der Waals surface area contributed by atoms with Gasteiger partial charge in [-0.05, 0) is 30.2 Å². The molecule has 0 heterocycles. The molecule has 2 N–H and O–H groups in total. The highest BCUT2D eigenvalue weighted by Gasteiger charge is 2.07. The van der Waals surface area contributed by atoms with E-state index >= 15 is 0 Å². The molecule has 1 aromatic rings. The van der Waals surface area contributed by atoms with E-state index in [2.05, 4.69) is 15.9 Å². The molecule has 0 saturated carbocycles. The molecule has 1 aromatic carbocycles.